The van der Waals surface area contributed by atoms with Crippen LogP contribution in [0.25, 0.3) is 0 Å². The fraction of sp³-hybridized carbons (Fsp3) is 0.200. The molecule has 3 heteroatoms. The van der Waals surface area contributed by atoms with Gasteiger partial charge in [0.2, 0.25) is 0 Å². The third-order valence-corrected chi connectivity index (χ3v) is 1.71. The average Bonchev–Trinajstić information content (AvgIpc) is 2.47. The van der Waals surface area contributed by atoms with E-state index in [4.69, 9.17) is 5.11 Å². The minimum atomic E-state index is -0.820. The SMILES string of the molecule is C=C(F)/C(O)=C\C=C1/CC=C(C)N1. The van der Waals surface area contributed by atoms with E-state index in [9.17, 15) is 4.39 Å². The van der Waals surface area contributed by atoms with Gasteiger partial charge < -0.3 is 10.4 Å². The molecule has 0 aromatic heterocycles. The monoisotopic (exact) mass is 181 g/mol. The number of rotatable bonds is 2. The number of aliphatic hydroxyl groups is 1. The van der Waals surface area contributed by atoms with Crippen molar-refractivity contribution in [3.63, 3.8) is 0 Å². The molecule has 13 heavy (non-hydrogen) atoms. The maximum atomic E-state index is 12.3. The van der Waals surface area contributed by atoms with Gasteiger partial charge in [0.25, 0.3) is 0 Å². The average molecular weight is 181 g/mol. The van der Waals surface area contributed by atoms with Gasteiger partial charge in [-0.25, -0.2) is 4.39 Å². The first-order valence-corrected chi connectivity index (χ1v) is 3.98. The minimum absolute atomic E-state index is 0.432. The molecule has 1 heterocycles. The molecule has 1 rings (SSSR count). The van der Waals surface area contributed by atoms with Crippen LogP contribution in [0.1, 0.15) is 13.3 Å². The van der Waals surface area contributed by atoms with Crippen LogP contribution in [0.2, 0.25) is 0 Å². The largest absolute Gasteiger partial charge is 0.505 e. The number of hydrogen-bond donors (Lipinski definition) is 2. The molecule has 0 spiro atoms. The van der Waals surface area contributed by atoms with Crippen molar-refractivity contribution in [3.05, 3.63) is 47.8 Å². The Kier molecular flexibility index (Phi) is 2.90. The van der Waals surface area contributed by atoms with Gasteiger partial charge in [0.05, 0.1) is 0 Å². The Labute approximate surface area is 76.8 Å². The van der Waals surface area contributed by atoms with E-state index in [0.29, 0.717) is 0 Å². The summed E-state index contributed by atoms with van der Waals surface area (Å²) in [5, 5.41) is 12.0. The topological polar surface area (TPSA) is 32.3 Å². The minimum Gasteiger partial charge on any atom is -0.505 e. The van der Waals surface area contributed by atoms with Gasteiger partial charge in [-0.1, -0.05) is 12.7 Å². The Morgan fingerprint density at radius 1 is 1.77 bits per heavy atom. The highest BCUT2D eigenvalue weighted by atomic mass is 19.1. The number of hydrogen-bond acceptors (Lipinski definition) is 2. The van der Waals surface area contributed by atoms with E-state index in [1.165, 1.54) is 6.08 Å². The van der Waals surface area contributed by atoms with Gasteiger partial charge in [0, 0.05) is 17.8 Å². The van der Waals surface area contributed by atoms with Gasteiger partial charge in [-0.05, 0) is 19.1 Å². The van der Waals surface area contributed by atoms with Crippen molar-refractivity contribution < 1.29 is 9.50 Å². The predicted molar refractivity (Wildman–Crippen MR) is 50.6 cm³/mol. The first kappa shape index (κ1) is 9.58. The fourth-order valence-corrected chi connectivity index (χ4v) is 0.998. The molecule has 2 nitrogen and oxygen atoms in total. The summed E-state index contributed by atoms with van der Waals surface area (Å²) >= 11 is 0. The van der Waals surface area contributed by atoms with Gasteiger partial charge >= 0.3 is 0 Å². The normalized spacial score (nSPS) is 20.0. The molecular formula is C10H12FNO. The molecule has 0 bridgehead atoms. The zero-order valence-corrected chi connectivity index (χ0v) is 7.47. The molecule has 0 aliphatic carbocycles. The molecule has 0 unspecified atom stereocenters. The molecule has 0 saturated heterocycles. The fourth-order valence-electron chi connectivity index (χ4n) is 0.998. The zero-order chi connectivity index (χ0) is 9.84. The molecule has 1 aliphatic heterocycles. The van der Waals surface area contributed by atoms with Crippen molar-refractivity contribution >= 4 is 0 Å². The second-order valence-corrected chi connectivity index (χ2v) is 2.86. The van der Waals surface area contributed by atoms with Crippen LogP contribution in [-0.2, 0) is 0 Å². The Balaban J connectivity index is 2.60. The lowest BCUT2D eigenvalue weighted by atomic mass is 10.3. The van der Waals surface area contributed by atoms with Crippen molar-refractivity contribution in [1.29, 1.82) is 0 Å². The first-order chi connectivity index (χ1) is 6.09. The Hall–Kier alpha value is -1.51. The Morgan fingerprint density at radius 3 is 2.92 bits per heavy atom. The van der Waals surface area contributed by atoms with Crippen LogP contribution in [0.3, 0.4) is 0 Å². The third kappa shape index (κ3) is 2.78. The first-order valence-electron chi connectivity index (χ1n) is 3.98. The molecule has 2 N–H and O–H groups in total. The summed E-state index contributed by atoms with van der Waals surface area (Å²) < 4.78 is 12.3. The van der Waals surface area contributed by atoms with E-state index in [0.717, 1.165) is 17.8 Å². The van der Waals surface area contributed by atoms with Crippen LogP contribution in [0, 0.1) is 0 Å². The van der Waals surface area contributed by atoms with Crippen LogP contribution in [0.4, 0.5) is 4.39 Å². The van der Waals surface area contributed by atoms with Crippen LogP contribution >= 0.6 is 0 Å². The summed E-state index contributed by atoms with van der Waals surface area (Å²) in [6, 6.07) is 0. The van der Waals surface area contributed by atoms with E-state index < -0.39 is 11.6 Å². The zero-order valence-electron chi connectivity index (χ0n) is 7.47. The maximum absolute atomic E-state index is 12.3. The van der Waals surface area contributed by atoms with Gasteiger partial charge in [-0.2, -0.15) is 0 Å². The van der Waals surface area contributed by atoms with E-state index in [2.05, 4.69) is 11.9 Å². The van der Waals surface area contributed by atoms with Crippen LogP contribution in [0.5, 0.6) is 0 Å². The number of halogens is 1. The summed E-state index contributed by atoms with van der Waals surface area (Å²) in [6.45, 7) is 4.91. The summed E-state index contributed by atoms with van der Waals surface area (Å²) in [6.07, 6.45) is 5.72. The molecule has 0 fully saturated rings. The number of allylic oxidation sites excluding steroid dienone is 5. The molecule has 0 radical (unpaired) electrons. The quantitative estimate of drug-likeness (QED) is 0.507. The third-order valence-electron chi connectivity index (χ3n) is 1.71. The molecule has 0 saturated carbocycles. The highest BCUT2D eigenvalue weighted by molar-refractivity contribution is 5.28. The van der Waals surface area contributed by atoms with Crippen molar-refractivity contribution in [2.75, 3.05) is 0 Å². The molecule has 70 valence electrons. The molecule has 1 aliphatic rings. The lowest BCUT2D eigenvalue weighted by Crippen LogP contribution is -2.02. The highest BCUT2D eigenvalue weighted by Crippen LogP contribution is 2.12. The lowest BCUT2D eigenvalue weighted by molar-refractivity contribution is 0.390. The van der Waals surface area contributed by atoms with Crippen molar-refractivity contribution in [2.24, 2.45) is 0 Å². The molecule has 0 aromatic carbocycles. The van der Waals surface area contributed by atoms with E-state index in [1.54, 1.807) is 6.08 Å². The Morgan fingerprint density at radius 2 is 2.46 bits per heavy atom. The van der Waals surface area contributed by atoms with Gasteiger partial charge in [-0.15, -0.1) is 0 Å². The van der Waals surface area contributed by atoms with E-state index >= 15 is 0 Å². The van der Waals surface area contributed by atoms with Crippen LogP contribution in [-0.4, -0.2) is 5.11 Å². The molecule has 0 aromatic rings. The standard InChI is InChI=1S/C10H12FNO/c1-7-3-4-9(12-7)5-6-10(13)8(2)11/h3,5-6,12-13H,2,4H2,1H3/b9-5+,10-6+. The summed E-state index contributed by atoms with van der Waals surface area (Å²) in [5.41, 5.74) is 2.00. The van der Waals surface area contributed by atoms with Crippen molar-refractivity contribution in [3.8, 4) is 0 Å². The Bertz CT molecular complexity index is 313. The molecular weight excluding hydrogens is 169 g/mol. The van der Waals surface area contributed by atoms with Crippen molar-refractivity contribution in [2.45, 2.75) is 13.3 Å². The predicted octanol–water partition coefficient (Wildman–Crippen LogP) is 2.69. The smallest absolute Gasteiger partial charge is 0.157 e. The lowest BCUT2D eigenvalue weighted by Gasteiger charge is -1.98. The maximum Gasteiger partial charge on any atom is 0.157 e. The second kappa shape index (κ2) is 3.94. The molecule has 0 atom stereocenters. The van der Waals surface area contributed by atoms with E-state index in [1.807, 2.05) is 13.0 Å². The highest BCUT2D eigenvalue weighted by Gasteiger charge is 2.03. The van der Waals surface area contributed by atoms with Crippen molar-refractivity contribution in [1.82, 2.24) is 5.32 Å². The van der Waals surface area contributed by atoms with E-state index in [-0.39, 0.29) is 0 Å². The molecule has 0 amide bonds. The van der Waals surface area contributed by atoms with Gasteiger partial charge in [0.1, 0.15) is 0 Å². The van der Waals surface area contributed by atoms with Gasteiger partial charge in [-0.3, -0.25) is 0 Å². The number of nitrogens with one attached hydrogen (secondary N) is 1. The second-order valence-electron chi connectivity index (χ2n) is 2.86. The van der Waals surface area contributed by atoms with Crippen LogP contribution < -0.4 is 5.32 Å². The van der Waals surface area contributed by atoms with Crippen LogP contribution in [0.15, 0.2) is 47.8 Å². The number of aliphatic hydroxyl groups excluding tert-OH is 1. The summed E-state index contributed by atoms with van der Waals surface area (Å²) in [7, 11) is 0. The van der Waals surface area contributed by atoms with Gasteiger partial charge in [0.15, 0.2) is 11.6 Å². The summed E-state index contributed by atoms with van der Waals surface area (Å²) in [4.78, 5) is 0. The summed E-state index contributed by atoms with van der Waals surface area (Å²) in [5.74, 6) is -1.25.